The van der Waals surface area contributed by atoms with E-state index in [1.165, 1.54) is 5.56 Å². The molecule has 0 radical (unpaired) electrons. The first-order valence-corrected chi connectivity index (χ1v) is 6.01. The molecule has 0 saturated carbocycles. The van der Waals surface area contributed by atoms with Gasteiger partial charge in [0.2, 0.25) is 0 Å². The molecule has 1 heterocycles. The second-order valence-electron chi connectivity index (χ2n) is 4.52. The third-order valence-electron chi connectivity index (χ3n) is 3.52. The SMILES string of the molecule is NCC1CCNCCC1c1ccc(O)cc1. The standard InChI is InChI=1S/C13H20N2O/c14-9-11-5-7-15-8-6-13(11)10-1-3-12(16)4-2-10/h1-4,11,13,15-16H,5-9,14H2. The molecule has 0 aliphatic carbocycles. The summed E-state index contributed by atoms with van der Waals surface area (Å²) >= 11 is 0. The Balaban J connectivity index is 2.18. The zero-order valence-corrected chi connectivity index (χ0v) is 9.52. The number of nitrogens with two attached hydrogens (primary N) is 1. The average molecular weight is 220 g/mol. The number of hydrogen-bond donors (Lipinski definition) is 3. The summed E-state index contributed by atoms with van der Waals surface area (Å²) in [5.41, 5.74) is 7.16. The minimum Gasteiger partial charge on any atom is -0.508 e. The predicted octanol–water partition coefficient (Wildman–Crippen LogP) is 1.43. The highest BCUT2D eigenvalue weighted by atomic mass is 16.3. The van der Waals surface area contributed by atoms with Crippen LogP contribution in [-0.4, -0.2) is 24.7 Å². The van der Waals surface area contributed by atoms with Crippen molar-refractivity contribution in [2.75, 3.05) is 19.6 Å². The summed E-state index contributed by atoms with van der Waals surface area (Å²) < 4.78 is 0. The summed E-state index contributed by atoms with van der Waals surface area (Å²) in [5.74, 6) is 1.42. The molecule has 88 valence electrons. The fraction of sp³-hybridized carbons (Fsp3) is 0.538. The molecule has 1 saturated heterocycles. The summed E-state index contributed by atoms with van der Waals surface area (Å²) in [4.78, 5) is 0. The van der Waals surface area contributed by atoms with E-state index in [1.807, 2.05) is 12.1 Å². The second-order valence-corrected chi connectivity index (χ2v) is 4.52. The van der Waals surface area contributed by atoms with Crippen LogP contribution in [0.3, 0.4) is 0 Å². The highest BCUT2D eigenvalue weighted by Crippen LogP contribution is 2.31. The molecule has 2 rings (SSSR count). The third kappa shape index (κ3) is 2.54. The highest BCUT2D eigenvalue weighted by Gasteiger charge is 2.23. The lowest BCUT2D eigenvalue weighted by atomic mass is 9.82. The molecule has 3 heteroatoms. The molecule has 0 spiro atoms. The largest absolute Gasteiger partial charge is 0.508 e. The molecule has 1 fully saturated rings. The van der Waals surface area contributed by atoms with Crippen LogP contribution in [0, 0.1) is 5.92 Å². The van der Waals surface area contributed by atoms with Gasteiger partial charge in [0, 0.05) is 0 Å². The highest BCUT2D eigenvalue weighted by molar-refractivity contribution is 5.29. The van der Waals surface area contributed by atoms with E-state index in [0.717, 1.165) is 32.5 Å². The maximum absolute atomic E-state index is 9.30. The van der Waals surface area contributed by atoms with Gasteiger partial charge in [-0.2, -0.15) is 0 Å². The predicted molar refractivity (Wildman–Crippen MR) is 65.5 cm³/mol. The Kier molecular flexibility index (Phi) is 3.80. The van der Waals surface area contributed by atoms with E-state index in [1.54, 1.807) is 12.1 Å². The molecule has 2 unspecified atom stereocenters. The fourth-order valence-corrected chi connectivity index (χ4v) is 2.55. The summed E-state index contributed by atoms with van der Waals surface area (Å²) in [5, 5.41) is 12.7. The first-order valence-electron chi connectivity index (χ1n) is 6.01. The van der Waals surface area contributed by atoms with Crippen LogP contribution in [0.15, 0.2) is 24.3 Å². The normalized spacial score (nSPS) is 26.3. The number of hydrogen-bond acceptors (Lipinski definition) is 3. The Hall–Kier alpha value is -1.06. The van der Waals surface area contributed by atoms with E-state index in [2.05, 4.69) is 5.32 Å². The van der Waals surface area contributed by atoms with Crippen LogP contribution >= 0.6 is 0 Å². The molecular weight excluding hydrogens is 200 g/mol. The molecule has 4 N–H and O–H groups in total. The Morgan fingerprint density at radius 2 is 1.88 bits per heavy atom. The fourth-order valence-electron chi connectivity index (χ4n) is 2.55. The van der Waals surface area contributed by atoms with Gasteiger partial charge in [-0.15, -0.1) is 0 Å². The van der Waals surface area contributed by atoms with Crippen molar-refractivity contribution in [3.63, 3.8) is 0 Å². The first kappa shape index (κ1) is 11.4. The summed E-state index contributed by atoms with van der Waals surface area (Å²) in [7, 11) is 0. The smallest absolute Gasteiger partial charge is 0.115 e. The number of phenols is 1. The topological polar surface area (TPSA) is 58.3 Å². The maximum atomic E-state index is 9.30. The van der Waals surface area contributed by atoms with Crippen molar-refractivity contribution in [2.45, 2.75) is 18.8 Å². The van der Waals surface area contributed by atoms with E-state index in [0.29, 0.717) is 17.6 Å². The average Bonchev–Trinajstić information content (AvgIpc) is 2.55. The summed E-state index contributed by atoms with van der Waals surface area (Å²) in [6, 6.07) is 7.57. The quantitative estimate of drug-likeness (QED) is 0.706. The van der Waals surface area contributed by atoms with E-state index >= 15 is 0 Å². The van der Waals surface area contributed by atoms with Gasteiger partial charge in [-0.25, -0.2) is 0 Å². The number of aromatic hydroxyl groups is 1. The first-order chi connectivity index (χ1) is 7.81. The van der Waals surface area contributed by atoms with Crippen LogP contribution in [-0.2, 0) is 0 Å². The van der Waals surface area contributed by atoms with E-state index < -0.39 is 0 Å². The Labute approximate surface area is 96.7 Å². The Morgan fingerprint density at radius 3 is 2.56 bits per heavy atom. The van der Waals surface area contributed by atoms with Crippen molar-refractivity contribution in [1.82, 2.24) is 5.32 Å². The molecule has 1 aliphatic heterocycles. The zero-order valence-electron chi connectivity index (χ0n) is 9.52. The van der Waals surface area contributed by atoms with E-state index in [-0.39, 0.29) is 0 Å². The van der Waals surface area contributed by atoms with Crippen molar-refractivity contribution in [3.05, 3.63) is 29.8 Å². The van der Waals surface area contributed by atoms with Crippen molar-refractivity contribution >= 4 is 0 Å². The van der Waals surface area contributed by atoms with Gasteiger partial charge in [-0.05, 0) is 62.0 Å². The monoisotopic (exact) mass is 220 g/mol. The second kappa shape index (κ2) is 5.32. The Bertz CT molecular complexity index is 323. The van der Waals surface area contributed by atoms with E-state index in [4.69, 9.17) is 5.73 Å². The van der Waals surface area contributed by atoms with Gasteiger partial charge < -0.3 is 16.2 Å². The molecule has 16 heavy (non-hydrogen) atoms. The third-order valence-corrected chi connectivity index (χ3v) is 3.52. The number of phenolic OH excluding ortho intramolecular Hbond substituents is 1. The molecule has 0 bridgehead atoms. The van der Waals surface area contributed by atoms with Gasteiger partial charge in [0.05, 0.1) is 0 Å². The molecular formula is C13H20N2O. The van der Waals surface area contributed by atoms with Crippen molar-refractivity contribution in [2.24, 2.45) is 11.7 Å². The number of rotatable bonds is 2. The molecule has 0 amide bonds. The molecule has 0 aromatic heterocycles. The van der Waals surface area contributed by atoms with Gasteiger partial charge in [0.15, 0.2) is 0 Å². The van der Waals surface area contributed by atoms with Gasteiger partial charge in [0.1, 0.15) is 5.75 Å². The van der Waals surface area contributed by atoms with Crippen LogP contribution in [0.25, 0.3) is 0 Å². The minimum absolute atomic E-state index is 0.333. The zero-order chi connectivity index (χ0) is 11.4. The van der Waals surface area contributed by atoms with Crippen LogP contribution < -0.4 is 11.1 Å². The lowest BCUT2D eigenvalue weighted by Gasteiger charge is -2.23. The lowest BCUT2D eigenvalue weighted by molar-refractivity contribution is 0.418. The minimum atomic E-state index is 0.333. The Morgan fingerprint density at radius 1 is 1.19 bits per heavy atom. The molecule has 1 aliphatic rings. The molecule has 3 nitrogen and oxygen atoms in total. The molecule has 1 aromatic carbocycles. The van der Waals surface area contributed by atoms with E-state index in [9.17, 15) is 5.11 Å². The van der Waals surface area contributed by atoms with Crippen molar-refractivity contribution in [1.29, 1.82) is 0 Å². The summed E-state index contributed by atoms with van der Waals surface area (Å²) in [6.45, 7) is 2.87. The van der Waals surface area contributed by atoms with Crippen LogP contribution in [0.5, 0.6) is 5.75 Å². The van der Waals surface area contributed by atoms with Crippen LogP contribution in [0.2, 0.25) is 0 Å². The van der Waals surface area contributed by atoms with Crippen molar-refractivity contribution in [3.8, 4) is 5.75 Å². The molecule has 1 aromatic rings. The van der Waals surface area contributed by atoms with Gasteiger partial charge >= 0.3 is 0 Å². The lowest BCUT2D eigenvalue weighted by Crippen LogP contribution is -2.22. The van der Waals surface area contributed by atoms with Gasteiger partial charge in [-0.1, -0.05) is 12.1 Å². The summed E-state index contributed by atoms with van der Waals surface area (Å²) in [6.07, 6.45) is 2.27. The van der Waals surface area contributed by atoms with Crippen LogP contribution in [0.4, 0.5) is 0 Å². The van der Waals surface area contributed by atoms with Gasteiger partial charge in [0.25, 0.3) is 0 Å². The molecule has 2 atom stereocenters. The van der Waals surface area contributed by atoms with Crippen molar-refractivity contribution < 1.29 is 5.11 Å². The number of nitrogens with one attached hydrogen (secondary N) is 1. The number of benzene rings is 1. The maximum Gasteiger partial charge on any atom is 0.115 e. The van der Waals surface area contributed by atoms with Gasteiger partial charge in [-0.3, -0.25) is 0 Å². The van der Waals surface area contributed by atoms with Crippen LogP contribution in [0.1, 0.15) is 24.3 Å².